The Bertz CT molecular complexity index is 247. The first-order valence-electron chi connectivity index (χ1n) is 6.39. The maximum atomic E-state index is 11.5. The molecule has 0 saturated carbocycles. The lowest BCUT2D eigenvalue weighted by atomic mass is 10.1. The fourth-order valence-electron chi connectivity index (χ4n) is 1.69. The first-order valence-corrected chi connectivity index (χ1v) is 7.96. The molecule has 0 spiro atoms. The minimum atomic E-state index is -3.29. The summed E-state index contributed by atoms with van der Waals surface area (Å²) in [7, 11) is -3.29. The van der Waals surface area contributed by atoms with Crippen molar-refractivity contribution in [2.24, 2.45) is 5.92 Å². The van der Waals surface area contributed by atoms with E-state index in [-0.39, 0.29) is 11.7 Å². The molecule has 1 unspecified atom stereocenters. The monoisotopic (exact) mass is 250 g/mol. The van der Waals surface area contributed by atoms with Gasteiger partial charge in [-0.25, -0.2) is 0 Å². The van der Waals surface area contributed by atoms with Crippen LogP contribution in [0.5, 0.6) is 0 Å². The molecule has 1 atom stereocenters. The first-order chi connectivity index (χ1) is 7.52. The van der Waals surface area contributed by atoms with Gasteiger partial charge in [0.05, 0.1) is 12.4 Å². The average molecular weight is 250 g/mol. The number of hydrogen-bond acceptors (Lipinski definition) is 3. The summed E-state index contributed by atoms with van der Waals surface area (Å²) in [5.74, 6) is 0.361. The number of unbranched alkanes of at least 4 members (excludes halogenated alkanes) is 3. The van der Waals surface area contributed by atoms with Crippen LogP contribution in [0.3, 0.4) is 0 Å². The fraction of sp³-hybridized carbons (Fsp3) is 1.00. The lowest BCUT2D eigenvalue weighted by molar-refractivity contribution is 0.303. The predicted octanol–water partition coefficient (Wildman–Crippen LogP) is 3.35. The van der Waals surface area contributed by atoms with E-state index >= 15 is 0 Å². The van der Waals surface area contributed by atoms with Crippen LogP contribution in [0.25, 0.3) is 0 Å². The second kappa shape index (κ2) is 8.99. The van der Waals surface area contributed by atoms with Crippen LogP contribution in [0, 0.1) is 5.92 Å². The van der Waals surface area contributed by atoms with Crippen LogP contribution >= 0.6 is 0 Å². The maximum absolute atomic E-state index is 11.5. The third kappa shape index (κ3) is 9.16. The van der Waals surface area contributed by atoms with Crippen molar-refractivity contribution in [2.45, 2.75) is 59.3 Å². The second-order valence-corrected chi connectivity index (χ2v) is 6.19. The van der Waals surface area contributed by atoms with Crippen molar-refractivity contribution in [3.05, 3.63) is 0 Å². The van der Waals surface area contributed by atoms with Crippen LogP contribution in [0.2, 0.25) is 0 Å². The quantitative estimate of drug-likeness (QED) is 0.441. The summed E-state index contributed by atoms with van der Waals surface area (Å²) in [5, 5.41) is 0. The molecule has 0 bridgehead atoms. The van der Waals surface area contributed by atoms with Gasteiger partial charge in [0.2, 0.25) is 0 Å². The maximum Gasteiger partial charge on any atom is 0.267 e. The van der Waals surface area contributed by atoms with Crippen LogP contribution in [-0.4, -0.2) is 20.8 Å². The lowest BCUT2D eigenvalue weighted by Gasteiger charge is -2.10. The van der Waals surface area contributed by atoms with Gasteiger partial charge in [-0.1, -0.05) is 46.5 Å². The fourth-order valence-corrected chi connectivity index (χ4v) is 3.02. The van der Waals surface area contributed by atoms with Gasteiger partial charge in [0.15, 0.2) is 0 Å². The van der Waals surface area contributed by atoms with Gasteiger partial charge >= 0.3 is 0 Å². The Labute approximate surface area is 101 Å². The van der Waals surface area contributed by atoms with Gasteiger partial charge in [-0.15, -0.1) is 0 Å². The largest absolute Gasteiger partial charge is 0.270 e. The van der Waals surface area contributed by atoms with E-state index in [4.69, 9.17) is 4.18 Å². The Morgan fingerprint density at radius 2 is 1.75 bits per heavy atom. The van der Waals surface area contributed by atoms with Gasteiger partial charge in [0.1, 0.15) is 0 Å². The molecule has 0 fully saturated rings. The van der Waals surface area contributed by atoms with Gasteiger partial charge in [-0.3, -0.25) is 4.18 Å². The van der Waals surface area contributed by atoms with Crippen LogP contribution in [0.1, 0.15) is 59.3 Å². The predicted molar refractivity (Wildman–Crippen MR) is 68.0 cm³/mol. The van der Waals surface area contributed by atoms with E-state index < -0.39 is 10.1 Å². The molecule has 98 valence electrons. The SMILES string of the molecule is CCCCCCOS(=O)(=O)CC(C)CCC. The lowest BCUT2D eigenvalue weighted by Crippen LogP contribution is -2.17. The molecular weight excluding hydrogens is 224 g/mol. The van der Waals surface area contributed by atoms with Crippen molar-refractivity contribution in [2.75, 3.05) is 12.4 Å². The molecule has 0 aromatic rings. The number of rotatable bonds is 10. The van der Waals surface area contributed by atoms with E-state index in [0.717, 1.165) is 38.5 Å². The summed E-state index contributed by atoms with van der Waals surface area (Å²) in [4.78, 5) is 0. The average Bonchev–Trinajstić information content (AvgIpc) is 2.16. The number of hydrogen-bond donors (Lipinski definition) is 0. The smallest absolute Gasteiger partial charge is 0.267 e. The molecule has 0 aromatic heterocycles. The molecule has 16 heavy (non-hydrogen) atoms. The highest BCUT2D eigenvalue weighted by molar-refractivity contribution is 7.86. The molecule has 0 rings (SSSR count). The Balaban J connectivity index is 3.70. The Kier molecular flexibility index (Phi) is 8.94. The minimum Gasteiger partial charge on any atom is -0.270 e. The molecule has 0 aliphatic heterocycles. The van der Waals surface area contributed by atoms with Crippen molar-refractivity contribution in [3.63, 3.8) is 0 Å². The summed E-state index contributed by atoms with van der Waals surface area (Å²) in [6, 6.07) is 0. The van der Waals surface area contributed by atoms with Crippen LogP contribution in [0.15, 0.2) is 0 Å². The van der Waals surface area contributed by atoms with Gasteiger partial charge in [0, 0.05) is 0 Å². The minimum absolute atomic E-state index is 0.161. The molecule has 0 N–H and O–H groups in total. The van der Waals surface area contributed by atoms with Crippen LogP contribution in [0.4, 0.5) is 0 Å². The second-order valence-electron chi connectivity index (χ2n) is 4.50. The zero-order chi connectivity index (χ0) is 12.4. The topological polar surface area (TPSA) is 43.4 Å². The molecular formula is C12H26O3S. The van der Waals surface area contributed by atoms with E-state index in [1.165, 1.54) is 0 Å². The zero-order valence-corrected chi connectivity index (χ0v) is 11.7. The summed E-state index contributed by atoms with van der Waals surface area (Å²) >= 11 is 0. The molecule has 0 aliphatic carbocycles. The van der Waals surface area contributed by atoms with Crippen LogP contribution < -0.4 is 0 Å². The molecule has 0 heterocycles. The Hall–Kier alpha value is -0.0900. The summed E-state index contributed by atoms with van der Waals surface area (Å²) in [6.07, 6.45) is 6.16. The molecule has 0 amide bonds. The molecule has 0 aliphatic rings. The van der Waals surface area contributed by atoms with Gasteiger partial charge in [-0.05, 0) is 18.8 Å². The van der Waals surface area contributed by atoms with Crippen molar-refractivity contribution in [1.29, 1.82) is 0 Å². The van der Waals surface area contributed by atoms with E-state index in [9.17, 15) is 8.42 Å². The normalized spacial score (nSPS) is 13.9. The molecule has 4 heteroatoms. The van der Waals surface area contributed by atoms with E-state index in [1.807, 2.05) is 6.92 Å². The third-order valence-electron chi connectivity index (χ3n) is 2.53. The highest BCUT2D eigenvalue weighted by Crippen LogP contribution is 2.10. The van der Waals surface area contributed by atoms with Crippen LogP contribution in [-0.2, 0) is 14.3 Å². The van der Waals surface area contributed by atoms with Gasteiger partial charge in [0.25, 0.3) is 10.1 Å². The highest BCUT2D eigenvalue weighted by atomic mass is 32.2. The summed E-state index contributed by atoms with van der Waals surface area (Å²) in [5.41, 5.74) is 0. The summed E-state index contributed by atoms with van der Waals surface area (Å²) in [6.45, 7) is 6.50. The van der Waals surface area contributed by atoms with E-state index in [0.29, 0.717) is 6.61 Å². The highest BCUT2D eigenvalue weighted by Gasteiger charge is 2.15. The molecule has 0 saturated heterocycles. The molecule has 0 radical (unpaired) electrons. The zero-order valence-electron chi connectivity index (χ0n) is 10.9. The molecule has 0 aromatic carbocycles. The van der Waals surface area contributed by atoms with Crippen molar-refractivity contribution < 1.29 is 12.6 Å². The van der Waals surface area contributed by atoms with Crippen molar-refractivity contribution >= 4 is 10.1 Å². The van der Waals surface area contributed by atoms with Crippen molar-refractivity contribution in [1.82, 2.24) is 0 Å². The Morgan fingerprint density at radius 1 is 1.06 bits per heavy atom. The summed E-state index contributed by atoms with van der Waals surface area (Å²) < 4.78 is 28.0. The first kappa shape index (κ1) is 15.9. The Morgan fingerprint density at radius 3 is 2.31 bits per heavy atom. The third-order valence-corrected chi connectivity index (χ3v) is 4.03. The van der Waals surface area contributed by atoms with Crippen molar-refractivity contribution in [3.8, 4) is 0 Å². The van der Waals surface area contributed by atoms with E-state index in [1.54, 1.807) is 0 Å². The molecule has 3 nitrogen and oxygen atoms in total. The van der Waals surface area contributed by atoms with Gasteiger partial charge in [-0.2, -0.15) is 8.42 Å². The standard InChI is InChI=1S/C12H26O3S/c1-4-6-7-8-10-15-16(13,14)11-12(3)9-5-2/h12H,4-11H2,1-3H3. The van der Waals surface area contributed by atoms with E-state index in [2.05, 4.69) is 13.8 Å². The van der Waals surface area contributed by atoms with Gasteiger partial charge < -0.3 is 0 Å².